The molecule has 4 nitrogen and oxygen atoms in total. The number of benzene rings is 2. The molecule has 0 saturated heterocycles. The molecule has 1 heterocycles. The quantitative estimate of drug-likeness (QED) is 0.579. The summed E-state index contributed by atoms with van der Waals surface area (Å²) in [7, 11) is 0. The van der Waals surface area contributed by atoms with E-state index in [0.717, 1.165) is 59.2 Å². The van der Waals surface area contributed by atoms with Gasteiger partial charge < -0.3 is 10.0 Å². The minimum absolute atomic E-state index is 0.375. The van der Waals surface area contributed by atoms with Crippen molar-refractivity contribution in [1.82, 2.24) is 4.98 Å². The molecule has 4 heteroatoms. The van der Waals surface area contributed by atoms with Gasteiger partial charge in [-0.25, -0.2) is 9.78 Å². The van der Waals surface area contributed by atoms with Crippen molar-refractivity contribution < 1.29 is 9.90 Å². The summed E-state index contributed by atoms with van der Waals surface area (Å²) in [6.45, 7) is 8.47. The van der Waals surface area contributed by atoms with Crippen molar-refractivity contribution >= 4 is 34.2 Å². The molecule has 4 rings (SSSR count). The van der Waals surface area contributed by atoms with Crippen LogP contribution in [0, 0.1) is 5.92 Å². The summed E-state index contributed by atoms with van der Waals surface area (Å²) in [5, 5.41) is 10.7. The molecule has 0 bridgehead atoms. The van der Waals surface area contributed by atoms with Gasteiger partial charge in [0.2, 0.25) is 0 Å². The van der Waals surface area contributed by atoms with E-state index in [9.17, 15) is 9.90 Å². The fourth-order valence-corrected chi connectivity index (χ4v) is 4.55. The van der Waals surface area contributed by atoms with Gasteiger partial charge in [0, 0.05) is 24.2 Å². The normalized spacial score (nSPS) is 17.2. The van der Waals surface area contributed by atoms with Gasteiger partial charge in [-0.05, 0) is 73.6 Å². The van der Waals surface area contributed by atoms with Gasteiger partial charge in [0.1, 0.15) is 0 Å². The number of nitrogens with zero attached hydrogens (tertiary/aromatic N) is 2. The summed E-state index contributed by atoms with van der Waals surface area (Å²) in [6.07, 6.45) is 3.82. The molecule has 0 fully saturated rings. The highest BCUT2D eigenvalue weighted by Crippen LogP contribution is 2.38. The van der Waals surface area contributed by atoms with Gasteiger partial charge in [-0.3, -0.25) is 0 Å². The number of aromatic nitrogens is 1. The van der Waals surface area contributed by atoms with Crippen LogP contribution in [0.4, 0.5) is 5.69 Å². The molecule has 1 aliphatic rings. The Hall–Kier alpha value is -3.14. The number of pyridine rings is 1. The highest BCUT2D eigenvalue weighted by molar-refractivity contribution is 6.05. The molecule has 1 aromatic heterocycles. The fourth-order valence-electron chi connectivity index (χ4n) is 4.55. The van der Waals surface area contributed by atoms with Crippen molar-refractivity contribution in [1.29, 1.82) is 0 Å². The first-order chi connectivity index (χ1) is 14.5. The molecule has 1 aliphatic carbocycles. The van der Waals surface area contributed by atoms with Gasteiger partial charge in [-0.1, -0.05) is 37.3 Å². The minimum atomic E-state index is -0.873. The summed E-state index contributed by atoms with van der Waals surface area (Å²) in [6, 6.07) is 16.1. The Kier molecular flexibility index (Phi) is 5.58. The standard InChI is InChI=1S/C26H28N2O2/c1-4-28(5-2)20-12-10-18(11-13-20)16-19-14-17(3)15-22-24(26(29)30)21-8-6-7-9-23(21)27-25(19)22/h6-13,16-17H,4-5,14-15H2,1-3H3,(H,29,30)/b19-16+/t17-/m1/s1. The Morgan fingerprint density at radius 2 is 1.80 bits per heavy atom. The van der Waals surface area contributed by atoms with E-state index in [1.165, 1.54) is 5.69 Å². The predicted molar refractivity (Wildman–Crippen MR) is 124 cm³/mol. The Morgan fingerprint density at radius 3 is 2.47 bits per heavy atom. The van der Waals surface area contributed by atoms with E-state index in [1.54, 1.807) is 0 Å². The number of hydrogen-bond acceptors (Lipinski definition) is 3. The number of para-hydroxylation sites is 1. The molecule has 2 aromatic carbocycles. The van der Waals surface area contributed by atoms with E-state index in [1.807, 2.05) is 24.3 Å². The van der Waals surface area contributed by atoms with Gasteiger partial charge in [0.25, 0.3) is 0 Å². The van der Waals surface area contributed by atoms with Crippen LogP contribution in [0.2, 0.25) is 0 Å². The van der Waals surface area contributed by atoms with E-state index in [0.29, 0.717) is 11.5 Å². The molecule has 30 heavy (non-hydrogen) atoms. The molecular formula is C26H28N2O2. The second-order valence-corrected chi connectivity index (χ2v) is 8.08. The summed E-state index contributed by atoms with van der Waals surface area (Å²) in [4.78, 5) is 19.4. The number of rotatable bonds is 5. The Balaban J connectivity index is 1.83. The highest BCUT2D eigenvalue weighted by atomic mass is 16.4. The summed E-state index contributed by atoms with van der Waals surface area (Å²) < 4.78 is 0. The molecule has 0 amide bonds. The van der Waals surface area contributed by atoms with Crippen LogP contribution in [0.5, 0.6) is 0 Å². The summed E-state index contributed by atoms with van der Waals surface area (Å²) >= 11 is 0. The number of anilines is 1. The molecule has 0 radical (unpaired) electrons. The van der Waals surface area contributed by atoms with Crippen molar-refractivity contribution in [3.05, 3.63) is 70.9 Å². The van der Waals surface area contributed by atoms with Crippen LogP contribution in [0.15, 0.2) is 48.5 Å². The van der Waals surface area contributed by atoms with Crippen molar-refractivity contribution in [3.8, 4) is 0 Å². The first kappa shape index (κ1) is 20.1. The zero-order valence-corrected chi connectivity index (χ0v) is 17.9. The van der Waals surface area contributed by atoms with Crippen LogP contribution in [0.3, 0.4) is 0 Å². The number of carbonyl (C=O) groups is 1. The van der Waals surface area contributed by atoms with E-state index in [-0.39, 0.29) is 0 Å². The summed E-state index contributed by atoms with van der Waals surface area (Å²) in [5.74, 6) is -0.498. The van der Waals surface area contributed by atoms with E-state index in [2.05, 4.69) is 56.0 Å². The van der Waals surface area contributed by atoms with E-state index in [4.69, 9.17) is 4.98 Å². The maximum Gasteiger partial charge on any atom is 0.336 e. The molecule has 3 aromatic rings. The number of carboxylic acid groups (broad SMARTS) is 1. The number of allylic oxidation sites excluding steroid dienone is 1. The lowest BCUT2D eigenvalue weighted by Gasteiger charge is -2.26. The molecule has 0 unspecified atom stereocenters. The van der Waals surface area contributed by atoms with Gasteiger partial charge >= 0.3 is 5.97 Å². The van der Waals surface area contributed by atoms with E-state index < -0.39 is 5.97 Å². The lowest BCUT2D eigenvalue weighted by molar-refractivity contribution is 0.0697. The molecule has 0 spiro atoms. The van der Waals surface area contributed by atoms with Crippen molar-refractivity contribution in [2.24, 2.45) is 5.92 Å². The van der Waals surface area contributed by atoms with Gasteiger partial charge in [-0.15, -0.1) is 0 Å². The third-order valence-electron chi connectivity index (χ3n) is 5.99. The van der Waals surface area contributed by atoms with Crippen molar-refractivity contribution in [3.63, 3.8) is 0 Å². The zero-order valence-electron chi connectivity index (χ0n) is 17.9. The fraction of sp³-hybridized carbons (Fsp3) is 0.308. The number of fused-ring (bicyclic) bond motifs is 2. The summed E-state index contributed by atoms with van der Waals surface area (Å²) in [5.41, 5.74) is 6.32. The van der Waals surface area contributed by atoms with Crippen LogP contribution in [-0.4, -0.2) is 29.1 Å². The molecular weight excluding hydrogens is 372 g/mol. The lowest BCUT2D eigenvalue weighted by atomic mass is 9.80. The van der Waals surface area contributed by atoms with Gasteiger partial charge in [0.05, 0.1) is 16.8 Å². The maximum absolute atomic E-state index is 12.2. The van der Waals surface area contributed by atoms with Crippen molar-refractivity contribution in [2.75, 3.05) is 18.0 Å². The Bertz CT molecular complexity index is 1110. The van der Waals surface area contributed by atoms with Crippen LogP contribution in [0.25, 0.3) is 22.6 Å². The third kappa shape index (κ3) is 3.70. The lowest BCUT2D eigenvalue weighted by Crippen LogP contribution is -2.21. The van der Waals surface area contributed by atoms with Crippen LogP contribution < -0.4 is 4.90 Å². The van der Waals surface area contributed by atoms with Gasteiger partial charge in [-0.2, -0.15) is 0 Å². The predicted octanol–water partition coefficient (Wildman–Crippen LogP) is 5.90. The van der Waals surface area contributed by atoms with Crippen LogP contribution in [0.1, 0.15) is 54.4 Å². The minimum Gasteiger partial charge on any atom is -0.478 e. The first-order valence-electron chi connectivity index (χ1n) is 10.7. The third-order valence-corrected chi connectivity index (χ3v) is 5.99. The highest BCUT2D eigenvalue weighted by Gasteiger charge is 2.27. The molecule has 0 saturated carbocycles. The second-order valence-electron chi connectivity index (χ2n) is 8.08. The average Bonchev–Trinajstić information content (AvgIpc) is 2.74. The Morgan fingerprint density at radius 1 is 1.10 bits per heavy atom. The maximum atomic E-state index is 12.2. The topological polar surface area (TPSA) is 53.4 Å². The Labute approximate surface area is 177 Å². The van der Waals surface area contributed by atoms with Gasteiger partial charge in [0.15, 0.2) is 0 Å². The molecule has 0 aliphatic heterocycles. The smallest absolute Gasteiger partial charge is 0.336 e. The molecule has 154 valence electrons. The monoisotopic (exact) mass is 400 g/mol. The van der Waals surface area contributed by atoms with Crippen LogP contribution in [-0.2, 0) is 6.42 Å². The first-order valence-corrected chi connectivity index (χ1v) is 10.7. The SMILES string of the molecule is CCN(CC)c1ccc(/C=C2\C[C@@H](C)Cc3c2nc2ccccc2c3C(=O)O)cc1. The van der Waals surface area contributed by atoms with Crippen molar-refractivity contribution in [2.45, 2.75) is 33.6 Å². The molecule has 1 atom stereocenters. The number of carboxylic acids is 1. The average molecular weight is 401 g/mol. The number of hydrogen-bond donors (Lipinski definition) is 1. The van der Waals surface area contributed by atoms with Crippen LogP contribution >= 0.6 is 0 Å². The largest absolute Gasteiger partial charge is 0.478 e. The molecule has 1 N–H and O–H groups in total. The number of aromatic carboxylic acids is 1. The van der Waals surface area contributed by atoms with E-state index >= 15 is 0 Å². The zero-order chi connectivity index (χ0) is 21.3. The second kappa shape index (κ2) is 8.31.